The molecule has 1 atom stereocenters. The average Bonchev–Trinajstić information content (AvgIpc) is 2.80. The number of ether oxygens (including phenoxy) is 3. The minimum absolute atomic E-state index is 0.382. The molecule has 2 aromatic rings. The molecule has 0 aliphatic rings. The lowest BCUT2D eigenvalue weighted by Gasteiger charge is -2.10. The minimum atomic E-state index is -0.382. The first kappa shape index (κ1) is 24.8. The molecule has 0 N–H and O–H groups in total. The van der Waals surface area contributed by atoms with Gasteiger partial charge in [0.2, 0.25) is 0 Å². The van der Waals surface area contributed by atoms with E-state index < -0.39 is 0 Å². The van der Waals surface area contributed by atoms with E-state index in [2.05, 4.69) is 20.8 Å². The summed E-state index contributed by atoms with van der Waals surface area (Å²) in [7, 11) is 0. The molecular weight excluding hydrogens is 388 g/mol. The van der Waals surface area contributed by atoms with Crippen molar-refractivity contribution in [3.63, 3.8) is 0 Å². The van der Waals surface area contributed by atoms with E-state index in [1.165, 1.54) is 38.5 Å². The van der Waals surface area contributed by atoms with Gasteiger partial charge in [-0.05, 0) is 73.7 Å². The number of rotatable bonds is 15. The fraction of sp³-hybridized carbons (Fsp3) is 0.519. The lowest BCUT2D eigenvalue weighted by Crippen LogP contribution is -2.08. The van der Waals surface area contributed by atoms with Crippen molar-refractivity contribution in [2.24, 2.45) is 5.92 Å². The summed E-state index contributed by atoms with van der Waals surface area (Å²) < 4.78 is 17.0. The van der Waals surface area contributed by atoms with Gasteiger partial charge in [0.15, 0.2) is 0 Å². The summed E-state index contributed by atoms with van der Waals surface area (Å²) in [6.45, 7) is 8.10. The van der Waals surface area contributed by atoms with Crippen LogP contribution in [0.3, 0.4) is 0 Å². The maximum Gasteiger partial charge on any atom is 0.343 e. The van der Waals surface area contributed by atoms with Gasteiger partial charge >= 0.3 is 5.97 Å². The van der Waals surface area contributed by atoms with E-state index in [4.69, 9.17) is 14.2 Å². The second-order valence-corrected chi connectivity index (χ2v) is 8.15. The molecule has 0 bridgehead atoms. The number of carbonyl (C=O) groups excluding carboxylic acids is 1. The molecule has 0 spiro atoms. The van der Waals surface area contributed by atoms with Gasteiger partial charge in [0.1, 0.15) is 17.2 Å². The Morgan fingerprint density at radius 1 is 0.742 bits per heavy atom. The molecule has 2 aromatic carbocycles. The maximum absolute atomic E-state index is 12.4. The van der Waals surface area contributed by atoms with Crippen LogP contribution in [0, 0.1) is 5.92 Å². The highest BCUT2D eigenvalue weighted by Crippen LogP contribution is 2.20. The lowest BCUT2D eigenvalue weighted by atomic mass is 10.0. The van der Waals surface area contributed by atoms with Crippen molar-refractivity contribution in [1.82, 2.24) is 0 Å². The third kappa shape index (κ3) is 9.91. The molecule has 0 aromatic heterocycles. The Bertz CT molecular complexity index is 737. The zero-order chi connectivity index (χ0) is 22.3. The van der Waals surface area contributed by atoms with Gasteiger partial charge in [0, 0.05) is 0 Å². The highest BCUT2D eigenvalue weighted by atomic mass is 16.5. The summed E-state index contributed by atoms with van der Waals surface area (Å²) >= 11 is 0. The van der Waals surface area contributed by atoms with Crippen molar-refractivity contribution in [3.8, 4) is 17.2 Å². The molecule has 1 unspecified atom stereocenters. The molecule has 4 nitrogen and oxygen atoms in total. The van der Waals surface area contributed by atoms with Crippen LogP contribution in [0.25, 0.3) is 0 Å². The molecule has 0 radical (unpaired) electrons. The van der Waals surface area contributed by atoms with Crippen LogP contribution >= 0.6 is 0 Å². The summed E-state index contributed by atoms with van der Waals surface area (Å²) in [4.78, 5) is 12.4. The van der Waals surface area contributed by atoms with Crippen molar-refractivity contribution in [3.05, 3.63) is 54.1 Å². The van der Waals surface area contributed by atoms with Crippen LogP contribution < -0.4 is 14.2 Å². The molecule has 4 heteroatoms. The van der Waals surface area contributed by atoms with Gasteiger partial charge in [-0.1, -0.05) is 52.9 Å². The Hall–Kier alpha value is -2.49. The lowest BCUT2D eigenvalue weighted by molar-refractivity contribution is 0.0734. The van der Waals surface area contributed by atoms with Gasteiger partial charge in [0.05, 0.1) is 18.8 Å². The smallest absolute Gasteiger partial charge is 0.343 e. The summed E-state index contributed by atoms with van der Waals surface area (Å²) in [6.07, 6.45) is 9.47. The number of esters is 1. The summed E-state index contributed by atoms with van der Waals surface area (Å²) in [5.41, 5.74) is 0.499. The van der Waals surface area contributed by atoms with Crippen LogP contribution in [0.15, 0.2) is 48.5 Å². The molecule has 2 rings (SSSR count). The average molecular weight is 427 g/mol. The number of hydrogen-bond donors (Lipinski definition) is 0. The molecular formula is C27H38O4. The molecule has 0 amide bonds. The van der Waals surface area contributed by atoms with Gasteiger partial charge in [0.25, 0.3) is 0 Å². The van der Waals surface area contributed by atoms with Crippen molar-refractivity contribution >= 4 is 5.97 Å². The van der Waals surface area contributed by atoms with E-state index in [1.54, 1.807) is 24.3 Å². The first-order chi connectivity index (χ1) is 15.1. The van der Waals surface area contributed by atoms with Crippen molar-refractivity contribution in [2.75, 3.05) is 13.2 Å². The number of hydrogen-bond acceptors (Lipinski definition) is 4. The summed E-state index contributed by atoms with van der Waals surface area (Å²) in [6, 6.07) is 14.3. The molecule has 0 fully saturated rings. The highest BCUT2D eigenvalue weighted by molar-refractivity contribution is 5.91. The second-order valence-electron chi connectivity index (χ2n) is 8.15. The standard InChI is InChI=1S/C27H38O4/c1-4-6-7-8-9-20-29-25-16-18-26(19-17-25)31-27(28)23-12-14-24(15-13-23)30-21-10-11-22(3)5-2/h12-19,22H,4-11,20-21H2,1-3H3. The molecule has 0 saturated carbocycles. The van der Waals surface area contributed by atoms with E-state index in [1.807, 2.05) is 24.3 Å². The quantitative estimate of drug-likeness (QED) is 0.168. The molecule has 0 aliphatic carbocycles. The predicted octanol–water partition coefficient (Wildman–Crippen LogP) is 7.46. The topological polar surface area (TPSA) is 44.8 Å². The zero-order valence-corrected chi connectivity index (χ0v) is 19.4. The maximum atomic E-state index is 12.4. The molecule has 0 aliphatic heterocycles. The van der Waals surface area contributed by atoms with Crippen LogP contribution in [0.5, 0.6) is 17.2 Å². The van der Waals surface area contributed by atoms with Crippen LogP contribution in [0.2, 0.25) is 0 Å². The summed E-state index contributed by atoms with van der Waals surface area (Å²) in [5, 5.41) is 0. The van der Waals surface area contributed by atoms with Gasteiger partial charge in [-0.25, -0.2) is 4.79 Å². The predicted molar refractivity (Wildman–Crippen MR) is 126 cm³/mol. The van der Waals surface area contributed by atoms with Crippen molar-refractivity contribution in [1.29, 1.82) is 0 Å². The monoisotopic (exact) mass is 426 g/mol. The summed E-state index contributed by atoms with van der Waals surface area (Å²) in [5.74, 6) is 2.43. The van der Waals surface area contributed by atoms with Gasteiger partial charge < -0.3 is 14.2 Å². The van der Waals surface area contributed by atoms with E-state index in [0.717, 1.165) is 36.9 Å². The van der Waals surface area contributed by atoms with Gasteiger partial charge in [-0.3, -0.25) is 0 Å². The minimum Gasteiger partial charge on any atom is -0.494 e. The Kier molecular flexibility index (Phi) is 11.6. The largest absolute Gasteiger partial charge is 0.494 e. The first-order valence-corrected chi connectivity index (χ1v) is 11.8. The fourth-order valence-corrected chi connectivity index (χ4v) is 3.18. The van der Waals surface area contributed by atoms with E-state index in [-0.39, 0.29) is 5.97 Å². The second kappa shape index (κ2) is 14.5. The Morgan fingerprint density at radius 3 is 1.90 bits per heavy atom. The Balaban J connectivity index is 1.72. The number of carbonyl (C=O) groups is 1. The zero-order valence-electron chi connectivity index (χ0n) is 19.4. The van der Waals surface area contributed by atoms with Crippen LogP contribution in [0.4, 0.5) is 0 Å². The fourth-order valence-electron chi connectivity index (χ4n) is 3.18. The van der Waals surface area contributed by atoms with Gasteiger partial charge in [-0.15, -0.1) is 0 Å². The number of benzene rings is 2. The Morgan fingerprint density at radius 2 is 1.29 bits per heavy atom. The molecule has 0 saturated heterocycles. The van der Waals surface area contributed by atoms with Crippen LogP contribution in [-0.2, 0) is 0 Å². The third-order valence-corrected chi connectivity index (χ3v) is 5.45. The normalized spacial score (nSPS) is 11.7. The van der Waals surface area contributed by atoms with Crippen molar-refractivity contribution in [2.45, 2.75) is 72.1 Å². The van der Waals surface area contributed by atoms with Crippen LogP contribution in [0.1, 0.15) is 82.5 Å². The Labute approximate surface area is 187 Å². The van der Waals surface area contributed by atoms with E-state index >= 15 is 0 Å². The van der Waals surface area contributed by atoms with E-state index in [0.29, 0.717) is 17.9 Å². The number of unbranched alkanes of at least 4 members (excludes halogenated alkanes) is 4. The van der Waals surface area contributed by atoms with Crippen molar-refractivity contribution < 1.29 is 19.0 Å². The first-order valence-electron chi connectivity index (χ1n) is 11.8. The van der Waals surface area contributed by atoms with Crippen LogP contribution in [-0.4, -0.2) is 19.2 Å². The highest BCUT2D eigenvalue weighted by Gasteiger charge is 2.09. The molecule has 170 valence electrons. The van der Waals surface area contributed by atoms with E-state index in [9.17, 15) is 4.79 Å². The molecule has 0 heterocycles. The third-order valence-electron chi connectivity index (χ3n) is 5.45. The van der Waals surface area contributed by atoms with Gasteiger partial charge in [-0.2, -0.15) is 0 Å². The SMILES string of the molecule is CCCCCCCOc1ccc(OC(=O)c2ccc(OCCCC(C)CC)cc2)cc1. The molecule has 31 heavy (non-hydrogen) atoms.